The molecule has 4 heterocycles. The summed E-state index contributed by atoms with van der Waals surface area (Å²) in [6.45, 7) is 5.99. The molecular formula is C34H41ClN8O3. The lowest BCUT2D eigenvalue weighted by molar-refractivity contribution is -0.133. The summed E-state index contributed by atoms with van der Waals surface area (Å²) in [6.07, 6.45) is 5.86. The monoisotopic (exact) mass is 644 g/mol. The maximum absolute atomic E-state index is 14.0. The molecule has 5 amide bonds. The maximum atomic E-state index is 14.0. The number of nitrogens with one attached hydrogen (secondary N) is 2. The number of fused-ring (bicyclic) bond motifs is 1. The van der Waals surface area contributed by atoms with Crippen molar-refractivity contribution < 1.29 is 14.4 Å². The maximum Gasteiger partial charge on any atom is 0.322 e. The molecule has 12 heteroatoms. The number of nitrogens with zero attached hydrogens (tertiary/aromatic N) is 5. The highest BCUT2D eigenvalue weighted by Gasteiger charge is 2.35. The van der Waals surface area contributed by atoms with Crippen LogP contribution < -0.4 is 21.3 Å². The summed E-state index contributed by atoms with van der Waals surface area (Å²) in [5.41, 5.74) is 11.5. The van der Waals surface area contributed by atoms with Crippen molar-refractivity contribution in [2.75, 3.05) is 55.2 Å². The van der Waals surface area contributed by atoms with E-state index >= 15 is 0 Å². The average molecular weight is 645 g/mol. The summed E-state index contributed by atoms with van der Waals surface area (Å²) in [5.74, 6) is -0.118. The van der Waals surface area contributed by atoms with Crippen LogP contribution >= 0.6 is 11.6 Å². The molecule has 6 rings (SSSR count). The predicted molar refractivity (Wildman–Crippen MR) is 180 cm³/mol. The highest BCUT2D eigenvalue weighted by Crippen LogP contribution is 2.29. The fourth-order valence-electron chi connectivity index (χ4n) is 6.68. The number of rotatable bonds is 7. The van der Waals surface area contributed by atoms with Crippen molar-refractivity contribution >= 4 is 46.6 Å². The number of hydrogen-bond acceptors (Lipinski definition) is 6. The van der Waals surface area contributed by atoms with E-state index < -0.39 is 6.04 Å². The van der Waals surface area contributed by atoms with Crippen molar-refractivity contribution in [3.63, 3.8) is 0 Å². The molecule has 1 aromatic heterocycles. The molecule has 0 unspecified atom stereocenters. The molecule has 0 bridgehead atoms. The molecule has 0 radical (unpaired) electrons. The Bertz CT molecular complexity index is 1570. The molecule has 4 N–H and O–H groups in total. The molecule has 0 saturated carbocycles. The minimum Gasteiger partial charge on any atom is -0.397 e. The van der Waals surface area contributed by atoms with Gasteiger partial charge in [-0.05, 0) is 60.2 Å². The van der Waals surface area contributed by atoms with Gasteiger partial charge in [-0.2, -0.15) is 0 Å². The Morgan fingerprint density at radius 1 is 1.02 bits per heavy atom. The van der Waals surface area contributed by atoms with E-state index in [9.17, 15) is 14.4 Å². The lowest BCUT2D eigenvalue weighted by Gasteiger charge is -2.41. The van der Waals surface area contributed by atoms with Gasteiger partial charge in [0.25, 0.3) is 0 Å². The van der Waals surface area contributed by atoms with Gasteiger partial charge >= 0.3 is 12.1 Å². The van der Waals surface area contributed by atoms with E-state index in [1.54, 1.807) is 23.4 Å². The van der Waals surface area contributed by atoms with Gasteiger partial charge in [-0.15, -0.1) is 0 Å². The summed E-state index contributed by atoms with van der Waals surface area (Å²) in [7, 11) is 0. The fraction of sp³-hybridized carbons (Fsp3) is 0.412. The number of amides is 5. The Morgan fingerprint density at radius 2 is 1.74 bits per heavy atom. The van der Waals surface area contributed by atoms with Crippen LogP contribution in [0.15, 0.2) is 60.9 Å². The van der Waals surface area contributed by atoms with Crippen molar-refractivity contribution in [2.24, 2.45) is 0 Å². The van der Waals surface area contributed by atoms with Gasteiger partial charge in [0.1, 0.15) is 6.04 Å². The van der Waals surface area contributed by atoms with Gasteiger partial charge in [0.05, 0.1) is 10.7 Å². The topological polar surface area (TPSA) is 127 Å². The minimum absolute atomic E-state index is 0.0240. The first-order valence-corrected chi connectivity index (χ1v) is 16.4. The summed E-state index contributed by atoms with van der Waals surface area (Å²) in [6, 6.07) is 14.4. The van der Waals surface area contributed by atoms with Gasteiger partial charge in [-0.25, -0.2) is 9.59 Å². The lowest BCUT2D eigenvalue weighted by atomic mass is 9.99. The zero-order valence-electron chi connectivity index (χ0n) is 26.1. The Balaban J connectivity index is 1.12. The number of carbonyl (C=O) groups excluding carboxylic acids is 3. The molecule has 2 aromatic carbocycles. The zero-order chi connectivity index (χ0) is 32.2. The van der Waals surface area contributed by atoms with Crippen molar-refractivity contribution in [1.29, 1.82) is 0 Å². The van der Waals surface area contributed by atoms with Crippen LogP contribution in [0.3, 0.4) is 0 Å². The minimum atomic E-state index is -0.772. The van der Waals surface area contributed by atoms with Gasteiger partial charge in [0.2, 0.25) is 5.91 Å². The number of likely N-dealkylation sites (tertiary alicyclic amines) is 1. The highest BCUT2D eigenvalue weighted by atomic mass is 35.5. The largest absolute Gasteiger partial charge is 0.397 e. The van der Waals surface area contributed by atoms with E-state index in [-0.39, 0.29) is 24.0 Å². The first-order valence-electron chi connectivity index (χ1n) is 16.0. The number of benzene rings is 2. The Labute approximate surface area is 274 Å². The average Bonchev–Trinajstić information content (AvgIpc) is 3.09. The summed E-state index contributed by atoms with van der Waals surface area (Å²) < 4.78 is 0. The van der Waals surface area contributed by atoms with Crippen LogP contribution in [0, 0.1) is 0 Å². The van der Waals surface area contributed by atoms with E-state index in [4.69, 9.17) is 17.3 Å². The SMILES string of the molecule is CCc1cc(C[C@@H](NC(=O)N2CCC(N3Cc4ccccc4NC3=O)CC2)C(=O)N2CCN(c3ccncc3)CC2)cc(Cl)c1N. The number of nitrogen functional groups attached to an aromatic ring is 1. The number of hydrogen-bond donors (Lipinski definition) is 3. The van der Waals surface area contributed by atoms with E-state index in [1.807, 2.05) is 59.2 Å². The molecule has 2 saturated heterocycles. The van der Waals surface area contributed by atoms with Crippen LogP contribution in [0.2, 0.25) is 5.02 Å². The van der Waals surface area contributed by atoms with Gasteiger partial charge in [0.15, 0.2) is 0 Å². The normalized spacial score (nSPS) is 17.7. The molecule has 46 heavy (non-hydrogen) atoms. The number of piperazine rings is 1. The van der Waals surface area contributed by atoms with E-state index in [2.05, 4.69) is 20.5 Å². The molecular weight excluding hydrogens is 604 g/mol. The molecule has 2 fully saturated rings. The number of aryl methyl sites for hydroxylation is 1. The number of halogens is 1. The van der Waals surface area contributed by atoms with Crippen molar-refractivity contribution in [1.82, 2.24) is 25.0 Å². The fourth-order valence-corrected chi connectivity index (χ4v) is 6.94. The second kappa shape index (κ2) is 13.9. The van der Waals surface area contributed by atoms with E-state index in [0.29, 0.717) is 82.2 Å². The number of anilines is 3. The van der Waals surface area contributed by atoms with Crippen LogP contribution in [-0.2, 0) is 24.2 Å². The molecule has 242 valence electrons. The van der Waals surface area contributed by atoms with Crippen LogP contribution in [0.1, 0.15) is 36.5 Å². The first-order chi connectivity index (χ1) is 22.3. The van der Waals surface area contributed by atoms with Crippen molar-refractivity contribution in [3.05, 3.63) is 82.6 Å². The van der Waals surface area contributed by atoms with Crippen molar-refractivity contribution in [2.45, 2.75) is 51.2 Å². The van der Waals surface area contributed by atoms with Crippen LogP contribution in [-0.4, -0.2) is 89.0 Å². The summed E-state index contributed by atoms with van der Waals surface area (Å²) in [4.78, 5) is 52.3. The molecule has 0 spiro atoms. The van der Waals surface area contributed by atoms with Gasteiger partial charge < -0.3 is 36.0 Å². The van der Waals surface area contributed by atoms with Crippen LogP contribution in [0.5, 0.6) is 0 Å². The Hall–Kier alpha value is -4.51. The number of nitrogens with two attached hydrogens (primary N) is 1. The number of carbonyl (C=O) groups is 3. The molecule has 1 atom stereocenters. The lowest BCUT2D eigenvalue weighted by Crippen LogP contribution is -2.58. The smallest absolute Gasteiger partial charge is 0.322 e. The third-order valence-corrected chi connectivity index (χ3v) is 9.68. The van der Waals surface area contributed by atoms with Crippen LogP contribution in [0.25, 0.3) is 0 Å². The molecule has 11 nitrogen and oxygen atoms in total. The van der Waals surface area contributed by atoms with Crippen molar-refractivity contribution in [3.8, 4) is 0 Å². The summed E-state index contributed by atoms with van der Waals surface area (Å²) in [5, 5.41) is 6.51. The molecule has 0 aliphatic carbocycles. The standard InChI is InChI=1S/C34H41ClN8O3/c1-2-24-19-23(20-28(35)31(24)36)21-30(32(44)41-17-15-40(16-18-41)26-7-11-37-12-8-26)39-33(45)42-13-9-27(10-14-42)43-22-25-5-3-4-6-29(25)38-34(43)46/h3-8,11-12,19-20,27,30H,2,9-10,13-18,21-22,36H2,1H3,(H,38,46)(H,39,45)/t30-/m1/s1. The third-order valence-electron chi connectivity index (χ3n) is 9.36. The van der Waals surface area contributed by atoms with Gasteiger partial charge in [0, 0.05) is 82.0 Å². The number of urea groups is 2. The molecule has 3 aromatic rings. The predicted octanol–water partition coefficient (Wildman–Crippen LogP) is 4.36. The first kappa shape index (κ1) is 31.5. The second-order valence-corrected chi connectivity index (χ2v) is 12.6. The molecule has 3 aliphatic rings. The van der Waals surface area contributed by atoms with E-state index in [0.717, 1.165) is 28.1 Å². The second-order valence-electron chi connectivity index (χ2n) is 12.2. The Kier molecular flexibility index (Phi) is 9.48. The zero-order valence-corrected chi connectivity index (χ0v) is 26.9. The number of piperidine rings is 1. The molecule has 3 aliphatic heterocycles. The van der Waals surface area contributed by atoms with E-state index in [1.165, 1.54) is 0 Å². The third kappa shape index (κ3) is 6.84. The van der Waals surface area contributed by atoms with Gasteiger partial charge in [-0.1, -0.05) is 42.8 Å². The number of pyridine rings is 1. The van der Waals surface area contributed by atoms with Crippen LogP contribution in [0.4, 0.5) is 26.7 Å². The highest BCUT2D eigenvalue weighted by molar-refractivity contribution is 6.33. The number of para-hydroxylation sites is 1. The quantitative estimate of drug-likeness (QED) is 0.328. The summed E-state index contributed by atoms with van der Waals surface area (Å²) >= 11 is 6.47. The number of aromatic nitrogens is 1. The Morgan fingerprint density at radius 3 is 2.46 bits per heavy atom. The van der Waals surface area contributed by atoms with Gasteiger partial charge in [-0.3, -0.25) is 9.78 Å².